The topological polar surface area (TPSA) is 61.8 Å². The third-order valence-corrected chi connectivity index (χ3v) is 2.51. The summed E-state index contributed by atoms with van der Waals surface area (Å²) in [5, 5.41) is 12.1. The molecule has 0 radical (unpaired) electrons. The third-order valence-electron chi connectivity index (χ3n) is 2.51. The van der Waals surface area contributed by atoms with E-state index in [0.29, 0.717) is 11.3 Å². The van der Waals surface area contributed by atoms with E-state index in [4.69, 9.17) is 11.0 Å². The van der Waals surface area contributed by atoms with Crippen molar-refractivity contribution >= 4 is 11.4 Å². The van der Waals surface area contributed by atoms with Gasteiger partial charge in [-0.05, 0) is 23.8 Å². The summed E-state index contributed by atoms with van der Waals surface area (Å²) in [4.78, 5) is 0. The van der Waals surface area contributed by atoms with Crippen LogP contribution in [-0.4, -0.2) is 0 Å². The normalized spacial score (nSPS) is 9.59. The number of hydrogen-bond acceptors (Lipinski definition) is 3. The highest BCUT2D eigenvalue weighted by molar-refractivity contribution is 5.61. The minimum atomic E-state index is 0.503. The molecule has 2 aromatic carbocycles. The summed E-state index contributed by atoms with van der Waals surface area (Å²) in [6.45, 7) is 0.732. The molecule has 0 heterocycles. The van der Waals surface area contributed by atoms with Crippen LogP contribution in [0.3, 0.4) is 0 Å². The average molecular weight is 223 g/mol. The largest absolute Gasteiger partial charge is 0.398 e. The Morgan fingerprint density at radius 1 is 1.12 bits per heavy atom. The predicted octanol–water partition coefficient (Wildman–Crippen LogP) is 2.75. The molecular weight excluding hydrogens is 210 g/mol. The molecule has 0 fully saturated rings. The molecule has 0 spiro atoms. The van der Waals surface area contributed by atoms with Gasteiger partial charge < -0.3 is 11.1 Å². The zero-order valence-corrected chi connectivity index (χ0v) is 9.35. The Morgan fingerprint density at radius 3 is 2.59 bits per heavy atom. The number of nitrogens with two attached hydrogens (primary N) is 1. The minimum Gasteiger partial charge on any atom is -0.398 e. The minimum absolute atomic E-state index is 0.503. The fourth-order valence-corrected chi connectivity index (χ4v) is 1.56. The maximum absolute atomic E-state index is 8.87. The van der Waals surface area contributed by atoms with Gasteiger partial charge in [0.1, 0.15) is 6.07 Å². The lowest BCUT2D eigenvalue weighted by atomic mass is 10.1. The predicted molar refractivity (Wildman–Crippen MR) is 69.3 cm³/mol. The molecule has 17 heavy (non-hydrogen) atoms. The lowest BCUT2D eigenvalue weighted by Crippen LogP contribution is -2.00. The van der Waals surface area contributed by atoms with Crippen LogP contribution in [0, 0.1) is 11.3 Å². The zero-order valence-electron chi connectivity index (χ0n) is 9.35. The molecule has 3 N–H and O–H groups in total. The van der Waals surface area contributed by atoms with Crippen LogP contribution in [0.2, 0.25) is 0 Å². The highest BCUT2D eigenvalue weighted by atomic mass is 14.9. The highest BCUT2D eigenvalue weighted by Crippen LogP contribution is 2.17. The highest BCUT2D eigenvalue weighted by Gasteiger charge is 1.99. The van der Waals surface area contributed by atoms with E-state index >= 15 is 0 Å². The van der Waals surface area contributed by atoms with Gasteiger partial charge >= 0.3 is 0 Å². The monoisotopic (exact) mass is 223 g/mol. The van der Waals surface area contributed by atoms with Gasteiger partial charge in [-0.2, -0.15) is 5.26 Å². The Morgan fingerprint density at radius 2 is 1.88 bits per heavy atom. The molecule has 0 aliphatic rings. The van der Waals surface area contributed by atoms with Crippen molar-refractivity contribution in [2.45, 2.75) is 6.54 Å². The Labute approximate surface area is 101 Å². The Balaban J connectivity index is 2.08. The lowest BCUT2D eigenvalue weighted by molar-refractivity contribution is 1.15. The van der Waals surface area contributed by atoms with Crippen molar-refractivity contribution in [2.75, 3.05) is 11.1 Å². The molecule has 3 heteroatoms. The zero-order chi connectivity index (χ0) is 12.1. The van der Waals surface area contributed by atoms with E-state index in [2.05, 4.69) is 23.5 Å². The van der Waals surface area contributed by atoms with Crippen molar-refractivity contribution < 1.29 is 0 Å². The van der Waals surface area contributed by atoms with E-state index in [-0.39, 0.29) is 0 Å². The number of nitrogens with zero attached hydrogens (tertiary/aromatic N) is 1. The summed E-state index contributed by atoms with van der Waals surface area (Å²) in [5.74, 6) is 0. The van der Waals surface area contributed by atoms with Crippen molar-refractivity contribution in [2.24, 2.45) is 0 Å². The number of hydrogen-bond donors (Lipinski definition) is 2. The summed E-state index contributed by atoms with van der Waals surface area (Å²) in [6, 6.07) is 17.5. The van der Waals surface area contributed by atoms with Gasteiger partial charge in [-0.1, -0.05) is 30.3 Å². The smallest absolute Gasteiger partial charge is 0.101 e. The summed E-state index contributed by atoms with van der Waals surface area (Å²) in [6.07, 6.45) is 0. The second-order valence-corrected chi connectivity index (χ2v) is 3.75. The molecule has 0 amide bonds. The first-order chi connectivity index (χ1) is 8.29. The molecule has 0 aliphatic carbocycles. The quantitative estimate of drug-likeness (QED) is 0.786. The SMILES string of the molecule is N#Cc1cc(NCc2ccccc2)ccc1N. The van der Waals surface area contributed by atoms with Gasteiger partial charge in [0.05, 0.1) is 5.56 Å². The van der Waals surface area contributed by atoms with Crippen LogP contribution in [0.15, 0.2) is 48.5 Å². The van der Waals surface area contributed by atoms with Crippen LogP contribution in [-0.2, 0) is 6.54 Å². The summed E-state index contributed by atoms with van der Waals surface area (Å²) < 4.78 is 0. The van der Waals surface area contributed by atoms with Crippen molar-refractivity contribution in [1.29, 1.82) is 5.26 Å². The van der Waals surface area contributed by atoms with Gasteiger partial charge in [0, 0.05) is 17.9 Å². The van der Waals surface area contributed by atoms with E-state index in [0.717, 1.165) is 12.2 Å². The Kier molecular flexibility index (Phi) is 3.27. The average Bonchev–Trinajstić information content (AvgIpc) is 2.39. The van der Waals surface area contributed by atoms with Gasteiger partial charge in [0.25, 0.3) is 0 Å². The molecule has 0 bridgehead atoms. The molecule has 2 rings (SSSR count). The summed E-state index contributed by atoms with van der Waals surface area (Å²) >= 11 is 0. The first-order valence-corrected chi connectivity index (χ1v) is 5.37. The Hall–Kier alpha value is -2.47. The molecule has 84 valence electrons. The molecule has 0 atom stereocenters. The molecule has 0 saturated heterocycles. The van der Waals surface area contributed by atoms with E-state index in [1.165, 1.54) is 5.56 Å². The number of benzene rings is 2. The molecule has 0 aliphatic heterocycles. The van der Waals surface area contributed by atoms with Gasteiger partial charge in [-0.3, -0.25) is 0 Å². The molecule has 3 nitrogen and oxygen atoms in total. The maximum Gasteiger partial charge on any atom is 0.101 e. The number of nitrogens with one attached hydrogen (secondary N) is 1. The first-order valence-electron chi connectivity index (χ1n) is 5.37. The van der Waals surface area contributed by atoms with Crippen LogP contribution in [0.4, 0.5) is 11.4 Å². The second kappa shape index (κ2) is 5.04. The second-order valence-electron chi connectivity index (χ2n) is 3.75. The standard InChI is InChI=1S/C14H13N3/c15-9-12-8-13(6-7-14(12)16)17-10-11-4-2-1-3-5-11/h1-8,17H,10,16H2. The maximum atomic E-state index is 8.87. The van der Waals surface area contributed by atoms with Crippen molar-refractivity contribution in [3.05, 3.63) is 59.7 Å². The van der Waals surface area contributed by atoms with Gasteiger partial charge in [0.15, 0.2) is 0 Å². The van der Waals surface area contributed by atoms with E-state index in [1.54, 1.807) is 12.1 Å². The van der Waals surface area contributed by atoms with Crippen molar-refractivity contribution in [3.63, 3.8) is 0 Å². The van der Waals surface area contributed by atoms with Gasteiger partial charge in [-0.15, -0.1) is 0 Å². The van der Waals surface area contributed by atoms with E-state index in [1.807, 2.05) is 24.3 Å². The molecule has 2 aromatic rings. The van der Waals surface area contributed by atoms with Crippen LogP contribution in [0.25, 0.3) is 0 Å². The fraction of sp³-hybridized carbons (Fsp3) is 0.0714. The van der Waals surface area contributed by atoms with Crippen molar-refractivity contribution in [3.8, 4) is 6.07 Å². The number of anilines is 2. The lowest BCUT2D eigenvalue weighted by Gasteiger charge is -2.07. The van der Waals surface area contributed by atoms with E-state index < -0.39 is 0 Å². The fourth-order valence-electron chi connectivity index (χ4n) is 1.56. The molecular formula is C14H13N3. The third kappa shape index (κ3) is 2.76. The number of rotatable bonds is 3. The number of nitriles is 1. The number of nitrogen functional groups attached to an aromatic ring is 1. The molecule has 0 unspecified atom stereocenters. The molecule has 0 saturated carbocycles. The molecule has 0 aromatic heterocycles. The van der Waals surface area contributed by atoms with Crippen LogP contribution < -0.4 is 11.1 Å². The van der Waals surface area contributed by atoms with Crippen LogP contribution in [0.1, 0.15) is 11.1 Å². The Bertz CT molecular complexity index is 541. The summed E-state index contributed by atoms with van der Waals surface area (Å²) in [5.41, 5.74) is 8.77. The van der Waals surface area contributed by atoms with Crippen LogP contribution in [0.5, 0.6) is 0 Å². The van der Waals surface area contributed by atoms with Gasteiger partial charge in [-0.25, -0.2) is 0 Å². The van der Waals surface area contributed by atoms with Crippen LogP contribution >= 0.6 is 0 Å². The summed E-state index contributed by atoms with van der Waals surface area (Å²) in [7, 11) is 0. The van der Waals surface area contributed by atoms with E-state index in [9.17, 15) is 0 Å². The first kappa shape index (κ1) is 11.0. The van der Waals surface area contributed by atoms with Crippen molar-refractivity contribution in [1.82, 2.24) is 0 Å². The van der Waals surface area contributed by atoms with Gasteiger partial charge in [0.2, 0.25) is 0 Å².